The molecule has 0 spiro atoms. The molecule has 3 heteroatoms. The lowest BCUT2D eigenvalue weighted by Gasteiger charge is -2.14. The van der Waals surface area contributed by atoms with Gasteiger partial charge in [0, 0.05) is 9.75 Å². The number of benzene rings is 1. The number of rotatable bonds is 4. The highest BCUT2D eigenvalue weighted by molar-refractivity contribution is 7.12. The predicted octanol–water partition coefficient (Wildman–Crippen LogP) is 3.76. The minimum Gasteiger partial charge on any atom is -0.309 e. The van der Waals surface area contributed by atoms with Gasteiger partial charge in [-0.15, -0.1) is 11.3 Å². The van der Waals surface area contributed by atoms with Crippen LogP contribution in [0.3, 0.4) is 0 Å². The summed E-state index contributed by atoms with van der Waals surface area (Å²) in [6.07, 6.45) is 1.06. The molecule has 0 aliphatic rings. The molecule has 0 fully saturated rings. The van der Waals surface area contributed by atoms with Gasteiger partial charge in [-0.2, -0.15) is 0 Å². The Bertz CT molecular complexity index is 475. The molecule has 1 N–H and O–H groups in total. The fourth-order valence-electron chi connectivity index (χ4n) is 1.87. The van der Waals surface area contributed by atoms with E-state index in [-0.39, 0.29) is 11.9 Å². The maximum atomic E-state index is 12.9. The van der Waals surface area contributed by atoms with E-state index < -0.39 is 0 Å². The third-order valence-electron chi connectivity index (χ3n) is 2.81. The summed E-state index contributed by atoms with van der Waals surface area (Å²) in [5.41, 5.74) is 1.10. The van der Waals surface area contributed by atoms with Crippen molar-refractivity contribution < 1.29 is 4.39 Å². The normalized spacial score (nSPS) is 12.6. The Morgan fingerprint density at radius 1 is 1.18 bits per heavy atom. The standard InChI is InChI=1S/C14H16FNS/c1-3-12-8-9-13(17-12)14(16-2)10-4-6-11(15)7-5-10/h4-9,14,16H,3H2,1-2H3. The lowest BCUT2D eigenvalue weighted by molar-refractivity contribution is 0.624. The van der Waals surface area contributed by atoms with E-state index in [2.05, 4.69) is 24.4 Å². The summed E-state index contributed by atoms with van der Waals surface area (Å²) >= 11 is 1.81. The number of nitrogens with one attached hydrogen (secondary N) is 1. The number of hydrogen-bond donors (Lipinski definition) is 1. The van der Waals surface area contributed by atoms with E-state index in [9.17, 15) is 4.39 Å². The van der Waals surface area contributed by atoms with Crippen LogP contribution in [0.25, 0.3) is 0 Å². The van der Waals surface area contributed by atoms with Gasteiger partial charge < -0.3 is 5.32 Å². The van der Waals surface area contributed by atoms with E-state index in [0.29, 0.717) is 0 Å². The second-order valence-electron chi connectivity index (χ2n) is 3.93. The molecule has 1 aromatic carbocycles. The highest BCUT2D eigenvalue weighted by Crippen LogP contribution is 2.28. The molecule has 1 heterocycles. The lowest BCUT2D eigenvalue weighted by atomic mass is 10.1. The third-order valence-corrected chi connectivity index (χ3v) is 4.10. The van der Waals surface area contributed by atoms with Crippen LogP contribution in [0, 0.1) is 5.82 Å². The van der Waals surface area contributed by atoms with Crippen LogP contribution in [0.15, 0.2) is 36.4 Å². The van der Waals surface area contributed by atoms with E-state index in [0.717, 1.165) is 12.0 Å². The summed E-state index contributed by atoms with van der Waals surface area (Å²) in [6, 6.07) is 11.1. The summed E-state index contributed by atoms with van der Waals surface area (Å²) in [4.78, 5) is 2.65. The van der Waals surface area contributed by atoms with Crippen LogP contribution in [-0.4, -0.2) is 7.05 Å². The minimum absolute atomic E-state index is 0.154. The SMILES string of the molecule is CCc1ccc(C(NC)c2ccc(F)cc2)s1. The maximum absolute atomic E-state index is 12.9. The van der Waals surface area contributed by atoms with Gasteiger partial charge in [-0.25, -0.2) is 4.39 Å². The first-order valence-corrected chi connectivity index (χ1v) is 6.57. The van der Waals surface area contributed by atoms with Gasteiger partial charge in [0.25, 0.3) is 0 Å². The van der Waals surface area contributed by atoms with Gasteiger partial charge in [-0.1, -0.05) is 19.1 Å². The van der Waals surface area contributed by atoms with Crippen molar-refractivity contribution in [3.05, 3.63) is 57.5 Å². The summed E-state index contributed by atoms with van der Waals surface area (Å²) in [7, 11) is 1.93. The first-order valence-electron chi connectivity index (χ1n) is 5.76. The van der Waals surface area contributed by atoms with Crippen molar-refractivity contribution in [3.8, 4) is 0 Å². The lowest BCUT2D eigenvalue weighted by Crippen LogP contribution is -2.16. The summed E-state index contributed by atoms with van der Waals surface area (Å²) in [5.74, 6) is -0.191. The molecule has 0 radical (unpaired) electrons. The van der Waals surface area contributed by atoms with Gasteiger partial charge in [-0.3, -0.25) is 0 Å². The summed E-state index contributed by atoms with van der Waals surface area (Å²) in [6.45, 7) is 2.15. The second-order valence-corrected chi connectivity index (χ2v) is 5.13. The van der Waals surface area contributed by atoms with E-state index in [1.165, 1.54) is 21.9 Å². The molecular formula is C14H16FNS. The molecule has 1 unspecified atom stereocenters. The van der Waals surface area contributed by atoms with Crippen LogP contribution >= 0.6 is 11.3 Å². The van der Waals surface area contributed by atoms with Crippen LogP contribution in [0.4, 0.5) is 4.39 Å². The minimum atomic E-state index is -0.191. The molecule has 0 saturated heterocycles. The molecule has 0 saturated carbocycles. The molecule has 90 valence electrons. The Morgan fingerprint density at radius 3 is 2.41 bits per heavy atom. The zero-order chi connectivity index (χ0) is 12.3. The van der Waals surface area contributed by atoms with E-state index in [1.807, 2.05) is 30.5 Å². The van der Waals surface area contributed by atoms with Gasteiger partial charge >= 0.3 is 0 Å². The van der Waals surface area contributed by atoms with Gasteiger partial charge in [0.1, 0.15) is 5.82 Å². The Balaban J connectivity index is 2.29. The fourth-order valence-corrected chi connectivity index (χ4v) is 2.96. The van der Waals surface area contributed by atoms with Crippen LogP contribution in [0.2, 0.25) is 0 Å². The van der Waals surface area contributed by atoms with Gasteiger partial charge in [-0.05, 0) is 43.3 Å². The highest BCUT2D eigenvalue weighted by Gasteiger charge is 2.13. The molecule has 1 nitrogen and oxygen atoms in total. The molecular weight excluding hydrogens is 233 g/mol. The number of halogens is 1. The quantitative estimate of drug-likeness (QED) is 0.870. The predicted molar refractivity (Wildman–Crippen MR) is 71.0 cm³/mol. The molecule has 0 aliphatic heterocycles. The number of thiophene rings is 1. The first kappa shape index (κ1) is 12.3. The van der Waals surface area contributed by atoms with Crippen LogP contribution in [0.1, 0.15) is 28.3 Å². The average molecular weight is 249 g/mol. The molecule has 2 aromatic rings. The Hall–Kier alpha value is -1.19. The van der Waals surface area contributed by atoms with E-state index in [1.54, 1.807) is 0 Å². The van der Waals surface area contributed by atoms with Gasteiger partial charge in [0.15, 0.2) is 0 Å². The van der Waals surface area contributed by atoms with Crippen molar-refractivity contribution in [2.75, 3.05) is 7.05 Å². The summed E-state index contributed by atoms with van der Waals surface area (Å²) in [5, 5.41) is 3.28. The molecule has 0 aliphatic carbocycles. The van der Waals surface area contributed by atoms with Gasteiger partial charge in [0.05, 0.1) is 6.04 Å². The van der Waals surface area contributed by atoms with Crippen molar-refractivity contribution in [2.45, 2.75) is 19.4 Å². The molecule has 17 heavy (non-hydrogen) atoms. The fraction of sp³-hybridized carbons (Fsp3) is 0.286. The maximum Gasteiger partial charge on any atom is 0.123 e. The molecule has 1 aromatic heterocycles. The van der Waals surface area contributed by atoms with Crippen LogP contribution in [0.5, 0.6) is 0 Å². The Kier molecular flexibility index (Phi) is 3.92. The van der Waals surface area contributed by atoms with Crippen molar-refractivity contribution in [2.24, 2.45) is 0 Å². The molecule has 1 atom stereocenters. The van der Waals surface area contributed by atoms with Crippen molar-refractivity contribution in [1.29, 1.82) is 0 Å². The number of hydrogen-bond acceptors (Lipinski definition) is 2. The largest absolute Gasteiger partial charge is 0.309 e. The third kappa shape index (κ3) is 2.73. The molecule has 0 amide bonds. The smallest absolute Gasteiger partial charge is 0.123 e. The Labute approximate surface area is 105 Å². The monoisotopic (exact) mass is 249 g/mol. The van der Waals surface area contributed by atoms with Crippen molar-refractivity contribution in [3.63, 3.8) is 0 Å². The van der Waals surface area contributed by atoms with Crippen LogP contribution in [-0.2, 0) is 6.42 Å². The summed E-state index contributed by atoms with van der Waals surface area (Å²) < 4.78 is 12.9. The molecule has 0 bridgehead atoms. The Morgan fingerprint density at radius 2 is 1.88 bits per heavy atom. The van der Waals surface area contributed by atoms with E-state index >= 15 is 0 Å². The van der Waals surface area contributed by atoms with Crippen LogP contribution < -0.4 is 5.32 Å². The van der Waals surface area contributed by atoms with Crippen molar-refractivity contribution in [1.82, 2.24) is 5.32 Å². The zero-order valence-corrected chi connectivity index (χ0v) is 10.9. The van der Waals surface area contributed by atoms with Crippen molar-refractivity contribution >= 4 is 11.3 Å². The topological polar surface area (TPSA) is 12.0 Å². The second kappa shape index (κ2) is 5.43. The van der Waals surface area contributed by atoms with E-state index in [4.69, 9.17) is 0 Å². The first-order chi connectivity index (χ1) is 8.24. The zero-order valence-electron chi connectivity index (χ0n) is 10.0. The number of aryl methyl sites for hydroxylation is 1. The van der Waals surface area contributed by atoms with Gasteiger partial charge in [0.2, 0.25) is 0 Å². The molecule has 2 rings (SSSR count). The average Bonchev–Trinajstić information content (AvgIpc) is 2.81. The highest BCUT2D eigenvalue weighted by atomic mass is 32.1.